The normalized spacial score (nSPS) is 19.1. The summed E-state index contributed by atoms with van der Waals surface area (Å²) in [5, 5.41) is 4.76. The van der Waals surface area contributed by atoms with Gasteiger partial charge in [-0.25, -0.2) is 4.79 Å². The SMILES string of the molecule is CCCCCNC(=O)C1CCC(Cn2c(=O)c3sccc3n(CC(N)=O)c2=O)CC1. The Morgan fingerprint density at radius 2 is 1.90 bits per heavy atom. The van der Waals surface area contributed by atoms with E-state index in [1.807, 2.05) is 0 Å². The van der Waals surface area contributed by atoms with Gasteiger partial charge in [0.15, 0.2) is 0 Å². The lowest BCUT2D eigenvalue weighted by molar-refractivity contribution is -0.126. The number of nitrogens with zero attached hydrogens (tertiary/aromatic N) is 2. The Morgan fingerprint density at radius 1 is 1.17 bits per heavy atom. The smallest absolute Gasteiger partial charge is 0.332 e. The van der Waals surface area contributed by atoms with Gasteiger partial charge in [-0.2, -0.15) is 0 Å². The number of primary amides is 1. The number of nitrogens with two attached hydrogens (primary N) is 1. The summed E-state index contributed by atoms with van der Waals surface area (Å²) in [4.78, 5) is 49.5. The molecule has 3 N–H and O–H groups in total. The molecule has 1 fully saturated rings. The molecule has 9 heteroatoms. The Labute approximate surface area is 179 Å². The van der Waals surface area contributed by atoms with Gasteiger partial charge < -0.3 is 11.1 Å². The minimum atomic E-state index is -0.625. The molecule has 0 spiro atoms. The molecule has 164 valence electrons. The number of aromatic nitrogens is 2. The molecule has 2 aromatic heterocycles. The molecule has 0 aliphatic heterocycles. The number of fused-ring (bicyclic) bond motifs is 1. The summed E-state index contributed by atoms with van der Waals surface area (Å²) in [7, 11) is 0. The van der Waals surface area contributed by atoms with E-state index in [1.165, 1.54) is 20.5 Å². The molecule has 2 amide bonds. The second-order valence-electron chi connectivity index (χ2n) is 8.10. The maximum atomic E-state index is 12.9. The van der Waals surface area contributed by atoms with Gasteiger partial charge >= 0.3 is 5.69 Å². The topological polar surface area (TPSA) is 116 Å². The summed E-state index contributed by atoms with van der Waals surface area (Å²) < 4.78 is 2.97. The molecular formula is C21H30N4O4S. The number of hydrogen-bond acceptors (Lipinski definition) is 5. The highest BCUT2D eigenvalue weighted by Crippen LogP contribution is 2.29. The van der Waals surface area contributed by atoms with Crippen LogP contribution in [-0.2, 0) is 22.7 Å². The van der Waals surface area contributed by atoms with E-state index in [0.717, 1.165) is 51.5 Å². The number of amides is 2. The number of unbranched alkanes of at least 4 members (excludes halogenated alkanes) is 2. The van der Waals surface area contributed by atoms with Crippen molar-refractivity contribution in [3.63, 3.8) is 0 Å². The summed E-state index contributed by atoms with van der Waals surface area (Å²) in [6, 6.07) is 1.67. The van der Waals surface area contributed by atoms with E-state index in [9.17, 15) is 19.2 Å². The maximum Gasteiger partial charge on any atom is 0.332 e. The van der Waals surface area contributed by atoms with Crippen molar-refractivity contribution in [2.75, 3.05) is 6.54 Å². The third-order valence-electron chi connectivity index (χ3n) is 5.89. The minimum Gasteiger partial charge on any atom is -0.368 e. The molecule has 0 aromatic carbocycles. The number of hydrogen-bond donors (Lipinski definition) is 2. The van der Waals surface area contributed by atoms with Crippen LogP contribution >= 0.6 is 11.3 Å². The molecule has 0 radical (unpaired) electrons. The third kappa shape index (κ3) is 5.00. The fourth-order valence-electron chi connectivity index (χ4n) is 4.20. The van der Waals surface area contributed by atoms with Crippen molar-refractivity contribution >= 4 is 33.4 Å². The molecule has 3 rings (SSSR count). The van der Waals surface area contributed by atoms with Crippen LogP contribution < -0.4 is 22.3 Å². The second kappa shape index (κ2) is 10.1. The first-order chi connectivity index (χ1) is 14.4. The van der Waals surface area contributed by atoms with Crippen molar-refractivity contribution in [3.8, 4) is 0 Å². The van der Waals surface area contributed by atoms with Crippen LogP contribution in [-0.4, -0.2) is 27.5 Å². The summed E-state index contributed by atoms with van der Waals surface area (Å²) in [6.45, 7) is 2.90. The van der Waals surface area contributed by atoms with Crippen molar-refractivity contribution in [2.45, 2.75) is 65.0 Å². The molecule has 8 nitrogen and oxygen atoms in total. The van der Waals surface area contributed by atoms with Crippen molar-refractivity contribution in [1.82, 2.24) is 14.5 Å². The van der Waals surface area contributed by atoms with Gasteiger partial charge in [-0.05, 0) is 49.5 Å². The average molecular weight is 435 g/mol. The van der Waals surface area contributed by atoms with Crippen LogP contribution in [0.5, 0.6) is 0 Å². The summed E-state index contributed by atoms with van der Waals surface area (Å²) in [5.41, 5.74) is 4.93. The monoisotopic (exact) mass is 434 g/mol. The van der Waals surface area contributed by atoms with E-state index in [-0.39, 0.29) is 29.8 Å². The van der Waals surface area contributed by atoms with E-state index in [0.29, 0.717) is 16.8 Å². The fourth-order valence-corrected chi connectivity index (χ4v) is 5.04. The Kier molecular flexibility index (Phi) is 7.47. The lowest BCUT2D eigenvalue weighted by Gasteiger charge is -2.28. The van der Waals surface area contributed by atoms with Crippen LogP contribution in [0.15, 0.2) is 21.0 Å². The van der Waals surface area contributed by atoms with Gasteiger partial charge in [-0.3, -0.25) is 23.5 Å². The molecule has 2 heterocycles. The van der Waals surface area contributed by atoms with Crippen molar-refractivity contribution in [2.24, 2.45) is 17.6 Å². The van der Waals surface area contributed by atoms with E-state index in [1.54, 1.807) is 11.4 Å². The quantitative estimate of drug-likeness (QED) is 0.586. The standard InChI is InChI=1S/C21H30N4O4S/c1-2-3-4-10-23-19(27)15-7-5-14(6-8-15)12-25-20(28)18-16(9-11-30-18)24(21(25)29)13-17(22)26/h9,11,14-15H,2-8,10,12-13H2,1H3,(H2,22,26)(H,23,27). The highest BCUT2D eigenvalue weighted by atomic mass is 32.1. The first-order valence-electron chi connectivity index (χ1n) is 10.7. The minimum absolute atomic E-state index is 0.00546. The van der Waals surface area contributed by atoms with E-state index >= 15 is 0 Å². The first-order valence-corrected chi connectivity index (χ1v) is 11.6. The summed E-state index contributed by atoms with van der Waals surface area (Å²) >= 11 is 1.26. The highest BCUT2D eigenvalue weighted by molar-refractivity contribution is 7.17. The molecule has 1 aliphatic rings. The molecular weight excluding hydrogens is 404 g/mol. The molecule has 0 saturated heterocycles. The number of carbonyl (C=O) groups excluding carboxylic acids is 2. The predicted molar refractivity (Wildman–Crippen MR) is 118 cm³/mol. The maximum absolute atomic E-state index is 12.9. The van der Waals surface area contributed by atoms with E-state index in [4.69, 9.17) is 5.73 Å². The van der Waals surface area contributed by atoms with Gasteiger partial charge in [0.25, 0.3) is 5.56 Å². The molecule has 0 atom stereocenters. The number of carbonyl (C=O) groups is 2. The number of thiophene rings is 1. The second-order valence-corrected chi connectivity index (χ2v) is 9.02. The average Bonchev–Trinajstić information content (AvgIpc) is 3.22. The predicted octanol–water partition coefficient (Wildman–Crippen LogP) is 1.82. The first kappa shape index (κ1) is 22.3. The zero-order valence-corrected chi connectivity index (χ0v) is 18.2. The molecule has 1 saturated carbocycles. The lowest BCUT2D eigenvalue weighted by Crippen LogP contribution is -2.43. The van der Waals surface area contributed by atoms with Crippen LogP contribution in [0.3, 0.4) is 0 Å². The van der Waals surface area contributed by atoms with Gasteiger partial charge in [-0.1, -0.05) is 19.8 Å². The molecule has 1 aliphatic carbocycles. The Bertz CT molecular complexity index is 1010. The van der Waals surface area contributed by atoms with Gasteiger partial charge in [-0.15, -0.1) is 11.3 Å². The van der Waals surface area contributed by atoms with E-state index < -0.39 is 11.6 Å². The lowest BCUT2D eigenvalue weighted by atomic mass is 9.81. The van der Waals surface area contributed by atoms with Gasteiger partial charge in [0.2, 0.25) is 11.8 Å². The third-order valence-corrected chi connectivity index (χ3v) is 6.78. The van der Waals surface area contributed by atoms with Crippen LogP contribution in [0.4, 0.5) is 0 Å². The number of nitrogens with one attached hydrogen (secondary N) is 1. The largest absolute Gasteiger partial charge is 0.368 e. The Hall–Kier alpha value is -2.42. The Morgan fingerprint density at radius 3 is 2.57 bits per heavy atom. The van der Waals surface area contributed by atoms with Crippen molar-refractivity contribution in [1.29, 1.82) is 0 Å². The zero-order valence-electron chi connectivity index (χ0n) is 17.4. The molecule has 2 aromatic rings. The number of rotatable bonds is 9. The van der Waals surface area contributed by atoms with Crippen molar-refractivity contribution < 1.29 is 9.59 Å². The fraction of sp³-hybridized carbons (Fsp3) is 0.619. The molecule has 30 heavy (non-hydrogen) atoms. The molecule has 0 unspecified atom stereocenters. The van der Waals surface area contributed by atoms with Gasteiger partial charge in [0.1, 0.15) is 11.2 Å². The van der Waals surface area contributed by atoms with Crippen LogP contribution in [0.25, 0.3) is 10.2 Å². The summed E-state index contributed by atoms with van der Waals surface area (Å²) in [5.74, 6) is -0.351. The van der Waals surface area contributed by atoms with Crippen LogP contribution in [0, 0.1) is 11.8 Å². The van der Waals surface area contributed by atoms with E-state index in [2.05, 4.69) is 12.2 Å². The zero-order chi connectivity index (χ0) is 21.7. The van der Waals surface area contributed by atoms with Crippen molar-refractivity contribution in [3.05, 3.63) is 32.3 Å². The van der Waals surface area contributed by atoms with Crippen LogP contribution in [0.1, 0.15) is 51.9 Å². The Balaban J connectivity index is 1.68. The van der Waals surface area contributed by atoms with Gasteiger partial charge in [0.05, 0.1) is 5.52 Å². The highest BCUT2D eigenvalue weighted by Gasteiger charge is 2.27. The van der Waals surface area contributed by atoms with Gasteiger partial charge in [0, 0.05) is 19.0 Å². The molecule has 0 bridgehead atoms. The summed E-state index contributed by atoms with van der Waals surface area (Å²) in [6.07, 6.45) is 6.34. The van der Waals surface area contributed by atoms with Crippen LogP contribution in [0.2, 0.25) is 0 Å².